The Morgan fingerprint density at radius 3 is 1.73 bits per heavy atom. The minimum atomic E-state index is -1.66. The molecule has 0 aromatic rings. The molecule has 15 heavy (non-hydrogen) atoms. The summed E-state index contributed by atoms with van der Waals surface area (Å²) in [5.74, 6) is 1.91. The van der Waals surface area contributed by atoms with E-state index in [-0.39, 0.29) is 10.3 Å². The van der Waals surface area contributed by atoms with E-state index in [1.165, 1.54) is 0 Å². The van der Waals surface area contributed by atoms with Crippen molar-refractivity contribution in [3.63, 3.8) is 0 Å². The van der Waals surface area contributed by atoms with Crippen LogP contribution in [0.1, 0.15) is 41.5 Å². The van der Waals surface area contributed by atoms with Gasteiger partial charge in [0.25, 0.3) is 0 Å². The maximum atomic E-state index is 10.7. The summed E-state index contributed by atoms with van der Waals surface area (Å²) in [6.45, 7) is 15.2. The maximum absolute atomic E-state index is 10.7. The molecule has 2 heteroatoms. The molecule has 0 unspecified atom stereocenters. The van der Waals surface area contributed by atoms with E-state index in [9.17, 15) is 4.79 Å². The fourth-order valence-corrected chi connectivity index (χ4v) is 6.62. The van der Waals surface area contributed by atoms with Crippen molar-refractivity contribution >= 4 is 18.3 Å². The smallest absolute Gasteiger partial charge is 0.176 e. The van der Waals surface area contributed by atoms with Crippen molar-refractivity contribution in [2.45, 2.75) is 51.9 Å². The second kappa shape index (κ2) is 4.58. The van der Waals surface area contributed by atoms with Gasteiger partial charge in [0.15, 0.2) is 5.94 Å². The molecule has 0 atom stereocenters. The molecule has 0 bridgehead atoms. The summed E-state index contributed by atoms with van der Waals surface area (Å²) < 4.78 is 0. The van der Waals surface area contributed by atoms with Crippen LogP contribution < -0.4 is 0 Å². The van der Waals surface area contributed by atoms with Crippen LogP contribution in [0, 0.1) is 0 Å². The summed E-state index contributed by atoms with van der Waals surface area (Å²) in [6, 6.07) is 0. The van der Waals surface area contributed by atoms with Gasteiger partial charge in [0, 0.05) is 0 Å². The van der Waals surface area contributed by atoms with Crippen molar-refractivity contribution in [3.8, 4) is 0 Å². The molecule has 0 saturated carbocycles. The first-order valence-electron chi connectivity index (χ1n) is 5.26. The molecule has 0 aliphatic rings. The summed E-state index contributed by atoms with van der Waals surface area (Å²) in [7, 11) is 0. The Morgan fingerprint density at radius 2 is 1.53 bits per heavy atom. The molecule has 1 nitrogen and oxygen atoms in total. The van der Waals surface area contributed by atoms with Crippen molar-refractivity contribution < 1.29 is 4.79 Å². The Morgan fingerprint density at radius 1 is 1.13 bits per heavy atom. The van der Waals surface area contributed by atoms with Crippen LogP contribution in [-0.2, 0) is 4.79 Å². The molecule has 0 heterocycles. The number of allylic oxidation sites excluding steroid dienone is 1. The van der Waals surface area contributed by atoms with Crippen LogP contribution in [0.5, 0.6) is 0 Å². The molecule has 0 aromatic carbocycles. The Labute approximate surface area is 94.2 Å². The van der Waals surface area contributed by atoms with Gasteiger partial charge < -0.3 is 0 Å². The average molecular weight is 226 g/mol. The topological polar surface area (TPSA) is 17.1 Å². The number of carbonyl (C=O) groups excluding carboxylic acids is 1. The molecule has 0 aliphatic carbocycles. The van der Waals surface area contributed by atoms with E-state index in [2.05, 4.69) is 53.6 Å². The second-order valence-corrected chi connectivity index (χ2v) is 10.7. The first kappa shape index (κ1) is 14.5. The van der Waals surface area contributed by atoms with Crippen LogP contribution in [0.2, 0.25) is 0 Å². The predicted octanol–water partition coefficient (Wildman–Crippen LogP) is 3.58. The van der Waals surface area contributed by atoms with Crippen LogP contribution in [0.4, 0.5) is 0 Å². The van der Waals surface area contributed by atoms with Crippen LogP contribution in [0.25, 0.3) is 0 Å². The van der Waals surface area contributed by atoms with Crippen molar-refractivity contribution in [2.75, 3.05) is 6.16 Å². The monoisotopic (exact) mass is 226 g/mol. The second-order valence-electron chi connectivity index (χ2n) is 5.84. The summed E-state index contributed by atoms with van der Waals surface area (Å²) in [6.07, 6.45) is 2.77. The van der Waals surface area contributed by atoms with Gasteiger partial charge in [-0.1, -0.05) is 47.6 Å². The molecular formula is C13H23OP. The zero-order chi connectivity index (χ0) is 12.3. The minimum absolute atomic E-state index is 0.0663. The third-order valence-electron chi connectivity index (χ3n) is 2.93. The van der Waals surface area contributed by atoms with Crippen molar-refractivity contribution in [1.82, 2.24) is 0 Å². The standard InChI is InChI=1S/C13H23OP/c1-8-10-15(11-9-14,12(2,3)4)13(5,6)7/h8H,1,10H2,2-7H3. The molecule has 86 valence electrons. The summed E-state index contributed by atoms with van der Waals surface area (Å²) >= 11 is 0. The molecule has 0 saturated heterocycles. The molecular weight excluding hydrogens is 203 g/mol. The number of hydrogen-bond donors (Lipinski definition) is 0. The fraction of sp³-hybridized carbons (Fsp3) is 0.692. The third kappa shape index (κ3) is 2.76. The van der Waals surface area contributed by atoms with E-state index in [4.69, 9.17) is 0 Å². The van der Waals surface area contributed by atoms with E-state index < -0.39 is 6.89 Å². The van der Waals surface area contributed by atoms with Gasteiger partial charge in [-0.2, -0.15) is 0 Å². The Bertz CT molecular complexity index is 322. The van der Waals surface area contributed by atoms with Crippen LogP contribution >= 0.6 is 6.89 Å². The van der Waals surface area contributed by atoms with E-state index in [1.54, 1.807) is 0 Å². The lowest BCUT2D eigenvalue weighted by Gasteiger charge is -2.45. The van der Waals surface area contributed by atoms with E-state index in [1.807, 2.05) is 12.0 Å². The molecule has 0 aromatic heterocycles. The van der Waals surface area contributed by atoms with Gasteiger partial charge in [-0.05, 0) is 28.8 Å². The summed E-state index contributed by atoms with van der Waals surface area (Å²) in [5.41, 5.74) is 3.01. The van der Waals surface area contributed by atoms with Crippen molar-refractivity contribution in [3.05, 3.63) is 12.7 Å². The minimum Gasteiger partial charge on any atom is -0.224 e. The van der Waals surface area contributed by atoms with Gasteiger partial charge in [0.1, 0.15) is 0 Å². The van der Waals surface area contributed by atoms with Crippen LogP contribution in [-0.4, -0.2) is 27.9 Å². The van der Waals surface area contributed by atoms with Crippen LogP contribution in [0.3, 0.4) is 0 Å². The largest absolute Gasteiger partial charge is 0.224 e. The highest BCUT2D eigenvalue weighted by molar-refractivity contribution is 7.77. The molecule has 0 N–H and O–H groups in total. The van der Waals surface area contributed by atoms with Gasteiger partial charge in [-0.15, -0.1) is 6.58 Å². The van der Waals surface area contributed by atoms with E-state index >= 15 is 0 Å². The van der Waals surface area contributed by atoms with Gasteiger partial charge in [-0.25, -0.2) is 4.79 Å². The third-order valence-corrected chi connectivity index (χ3v) is 8.79. The van der Waals surface area contributed by atoms with Gasteiger partial charge in [0.05, 0.1) is 0 Å². The zero-order valence-electron chi connectivity index (χ0n) is 10.8. The number of hydrogen-bond acceptors (Lipinski definition) is 1. The first-order chi connectivity index (χ1) is 6.62. The van der Waals surface area contributed by atoms with Crippen LogP contribution in [0.15, 0.2) is 12.7 Å². The maximum Gasteiger partial charge on any atom is 0.176 e. The van der Waals surface area contributed by atoms with Gasteiger partial charge in [-0.3, -0.25) is 0 Å². The molecule has 0 spiro atoms. The summed E-state index contributed by atoms with van der Waals surface area (Å²) in [4.78, 5) is 10.7. The normalized spacial score (nSPS) is 12.9. The van der Waals surface area contributed by atoms with Gasteiger partial charge >= 0.3 is 0 Å². The molecule has 0 fully saturated rings. The molecule has 0 aliphatic heterocycles. The lowest BCUT2D eigenvalue weighted by Crippen LogP contribution is -2.30. The Kier molecular flexibility index (Phi) is 4.44. The lowest BCUT2D eigenvalue weighted by atomic mass is 10.2. The fourth-order valence-electron chi connectivity index (χ4n) is 2.21. The lowest BCUT2D eigenvalue weighted by molar-refractivity contribution is 0.571. The average Bonchev–Trinajstić information content (AvgIpc) is 1.99. The Hall–Kier alpha value is -0.470. The van der Waals surface area contributed by atoms with E-state index in [0.29, 0.717) is 0 Å². The molecule has 0 amide bonds. The molecule has 0 rings (SSSR count). The zero-order valence-corrected chi connectivity index (χ0v) is 11.7. The quantitative estimate of drug-likeness (QED) is 0.399. The SMILES string of the molecule is C=CCP(=C=C=O)(C(C)(C)C)C(C)(C)C. The first-order valence-corrected chi connectivity index (χ1v) is 7.23. The number of rotatable bonds is 2. The highest BCUT2D eigenvalue weighted by Crippen LogP contribution is 2.66. The predicted molar refractivity (Wildman–Crippen MR) is 72.2 cm³/mol. The van der Waals surface area contributed by atoms with Crippen molar-refractivity contribution in [1.29, 1.82) is 0 Å². The Balaban J connectivity index is 6.11. The van der Waals surface area contributed by atoms with Crippen molar-refractivity contribution in [2.24, 2.45) is 0 Å². The highest BCUT2D eigenvalue weighted by Gasteiger charge is 2.40. The summed E-state index contributed by atoms with van der Waals surface area (Å²) in [5, 5.41) is 0.133. The van der Waals surface area contributed by atoms with E-state index in [0.717, 1.165) is 6.16 Å². The molecule has 0 radical (unpaired) electrons. The van der Waals surface area contributed by atoms with Gasteiger partial charge in [0.2, 0.25) is 0 Å². The highest BCUT2D eigenvalue weighted by atomic mass is 31.2.